The number of rotatable bonds is 9. The predicted octanol–water partition coefficient (Wildman–Crippen LogP) is 0.972. The number of hydrogen-bond acceptors (Lipinski definition) is 5. The zero-order chi connectivity index (χ0) is 13.3. The fourth-order valence-corrected chi connectivity index (χ4v) is 2.12. The third-order valence-electron chi connectivity index (χ3n) is 3.45. The van der Waals surface area contributed by atoms with E-state index in [0.29, 0.717) is 26.4 Å². The van der Waals surface area contributed by atoms with Gasteiger partial charge in [0.2, 0.25) is 0 Å². The Labute approximate surface area is 109 Å². The van der Waals surface area contributed by atoms with Gasteiger partial charge in [0.1, 0.15) is 6.61 Å². The Morgan fingerprint density at radius 3 is 2.72 bits per heavy atom. The highest BCUT2D eigenvalue weighted by molar-refractivity contribution is 5.77. The van der Waals surface area contributed by atoms with Crippen LogP contribution < -0.4 is 5.32 Å². The van der Waals surface area contributed by atoms with Crippen LogP contribution in [0.15, 0.2) is 0 Å². The van der Waals surface area contributed by atoms with Crippen LogP contribution in [0.1, 0.15) is 26.2 Å². The molecular weight excluding hydrogens is 234 g/mol. The zero-order valence-electron chi connectivity index (χ0n) is 11.5. The molecule has 0 aliphatic carbocycles. The molecule has 1 aliphatic heterocycles. The van der Waals surface area contributed by atoms with Crippen molar-refractivity contribution in [2.24, 2.45) is 5.41 Å². The van der Waals surface area contributed by atoms with Gasteiger partial charge in [0.15, 0.2) is 0 Å². The van der Waals surface area contributed by atoms with Crippen LogP contribution in [0.3, 0.4) is 0 Å². The summed E-state index contributed by atoms with van der Waals surface area (Å²) in [6.07, 6.45) is 2.57. The summed E-state index contributed by atoms with van der Waals surface area (Å²) in [6.45, 7) is 5.81. The molecule has 0 saturated carbocycles. The lowest BCUT2D eigenvalue weighted by atomic mass is 9.84. The third kappa shape index (κ3) is 4.55. The van der Waals surface area contributed by atoms with Crippen LogP contribution in [0.5, 0.6) is 0 Å². The summed E-state index contributed by atoms with van der Waals surface area (Å²) in [4.78, 5) is 12.0. The monoisotopic (exact) mass is 259 g/mol. The SMILES string of the molecule is CCC1(C(=O)OCCOCCCOC)CCNC1. The van der Waals surface area contributed by atoms with Gasteiger partial charge in [0.05, 0.1) is 12.0 Å². The first-order chi connectivity index (χ1) is 8.75. The van der Waals surface area contributed by atoms with Crippen molar-refractivity contribution in [3.63, 3.8) is 0 Å². The second-order valence-electron chi connectivity index (χ2n) is 4.66. The van der Waals surface area contributed by atoms with Crippen molar-refractivity contribution in [2.75, 3.05) is 46.6 Å². The number of carbonyl (C=O) groups is 1. The summed E-state index contributed by atoms with van der Waals surface area (Å²) in [7, 11) is 1.67. The van der Waals surface area contributed by atoms with Crippen molar-refractivity contribution in [3.8, 4) is 0 Å². The highest BCUT2D eigenvalue weighted by Gasteiger charge is 2.40. The van der Waals surface area contributed by atoms with Crippen LogP contribution in [-0.4, -0.2) is 52.6 Å². The van der Waals surface area contributed by atoms with Gasteiger partial charge in [-0.3, -0.25) is 4.79 Å². The summed E-state index contributed by atoms with van der Waals surface area (Å²) in [6, 6.07) is 0. The van der Waals surface area contributed by atoms with Gasteiger partial charge >= 0.3 is 5.97 Å². The minimum Gasteiger partial charge on any atom is -0.463 e. The molecule has 1 unspecified atom stereocenters. The van der Waals surface area contributed by atoms with Crippen molar-refractivity contribution in [3.05, 3.63) is 0 Å². The summed E-state index contributed by atoms with van der Waals surface area (Å²) in [5.74, 6) is -0.0875. The Balaban J connectivity index is 2.09. The smallest absolute Gasteiger partial charge is 0.313 e. The molecular formula is C13H25NO4. The van der Waals surface area contributed by atoms with Crippen LogP contribution in [0.25, 0.3) is 0 Å². The number of carbonyl (C=O) groups excluding carboxylic acids is 1. The molecule has 0 aromatic carbocycles. The van der Waals surface area contributed by atoms with Crippen molar-refractivity contribution in [1.29, 1.82) is 0 Å². The average Bonchev–Trinajstić information content (AvgIpc) is 2.87. The number of methoxy groups -OCH3 is 1. The molecule has 1 N–H and O–H groups in total. The van der Waals surface area contributed by atoms with Gasteiger partial charge in [-0.2, -0.15) is 0 Å². The van der Waals surface area contributed by atoms with Crippen LogP contribution in [0, 0.1) is 5.41 Å². The van der Waals surface area contributed by atoms with Gasteiger partial charge in [-0.25, -0.2) is 0 Å². The Hall–Kier alpha value is -0.650. The molecule has 0 aromatic heterocycles. The highest BCUT2D eigenvalue weighted by atomic mass is 16.6. The number of esters is 1. The number of nitrogens with one attached hydrogen (secondary N) is 1. The lowest BCUT2D eigenvalue weighted by Gasteiger charge is -2.23. The fourth-order valence-electron chi connectivity index (χ4n) is 2.12. The molecule has 1 heterocycles. The number of hydrogen-bond donors (Lipinski definition) is 1. The molecule has 0 amide bonds. The quantitative estimate of drug-likeness (QED) is 0.494. The first kappa shape index (κ1) is 15.4. The maximum absolute atomic E-state index is 12.0. The Bertz CT molecular complexity index is 239. The lowest BCUT2D eigenvalue weighted by molar-refractivity contribution is -0.156. The molecule has 1 rings (SSSR count). The van der Waals surface area contributed by atoms with Gasteiger partial charge in [-0.05, 0) is 25.8 Å². The van der Waals surface area contributed by atoms with Gasteiger partial charge in [0.25, 0.3) is 0 Å². The Morgan fingerprint density at radius 2 is 2.11 bits per heavy atom. The lowest BCUT2D eigenvalue weighted by Crippen LogP contribution is -2.35. The van der Waals surface area contributed by atoms with E-state index < -0.39 is 0 Å². The molecule has 0 aromatic rings. The van der Waals surface area contributed by atoms with Crippen LogP contribution in [-0.2, 0) is 19.0 Å². The largest absolute Gasteiger partial charge is 0.463 e. The molecule has 106 valence electrons. The van der Waals surface area contributed by atoms with Crippen molar-refractivity contribution in [2.45, 2.75) is 26.2 Å². The van der Waals surface area contributed by atoms with E-state index in [0.717, 1.165) is 32.4 Å². The second-order valence-corrected chi connectivity index (χ2v) is 4.66. The number of ether oxygens (including phenoxy) is 3. The molecule has 5 heteroatoms. The highest BCUT2D eigenvalue weighted by Crippen LogP contribution is 2.30. The third-order valence-corrected chi connectivity index (χ3v) is 3.45. The summed E-state index contributed by atoms with van der Waals surface area (Å²) < 4.78 is 15.5. The van der Waals surface area contributed by atoms with Crippen molar-refractivity contribution < 1.29 is 19.0 Å². The summed E-state index contributed by atoms with van der Waals surface area (Å²) in [5.41, 5.74) is -0.309. The summed E-state index contributed by atoms with van der Waals surface area (Å²) in [5, 5.41) is 3.22. The Kier molecular flexibility index (Phi) is 7.23. The maximum atomic E-state index is 12.0. The van der Waals surface area contributed by atoms with Gasteiger partial charge in [-0.15, -0.1) is 0 Å². The van der Waals surface area contributed by atoms with Crippen LogP contribution >= 0.6 is 0 Å². The van der Waals surface area contributed by atoms with Crippen molar-refractivity contribution >= 4 is 5.97 Å². The zero-order valence-corrected chi connectivity index (χ0v) is 11.5. The van der Waals surface area contributed by atoms with E-state index in [-0.39, 0.29) is 11.4 Å². The van der Waals surface area contributed by atoms with Crippen molar-refractivity contribution in [1.82, 2.24) is 5.32 Å². The molecule has 18 heavy (non-hydrogen) atoms. The van der Waals surface area contributed by atoms with E-state index in [1.165, 1.54) is 0 Å². The maximum Gasteiger partial charge on any atom is 0.313 e. The van der Waals surface area contributed by atoms with Crippen LogP contribution in [0.4, 0.5) is 0 Å². The standard InChI is InChI=1S/C13H25NO4/c1-3-13(5-6-14-11-13)12(15)18-10-9-17-8-4-7-16-2/h14H,3-11H2,1-2H3. The predicted molar refractivity (Wildman–Crippen MR) is 68.5 cm³/mol. The first-order valence-corrected chi connectivity index (χ1v) is 6.70. The molecule has 5 nitrogen and oxygen atoms in total. The van der Waals surface area contributed by atoms with E-state index >= 15 is 0 Å². The second kappa shape index (κ2) is 8.45. The molecule has 1 atom stereocenters. The molecule has 1 fully saturated rings. The summed E-state index contributed by atoms with van der Waals surface area (Å²) >= 11 is 0. The molecule has 1 aliphatic rings. The first-order valence-electron chi connectivity index (χ1n) is 6.70. The Morgan fingerprint density at radius 1 is 1.28 bits per heavy atom. The van der Waals surface area contributed by atoms with Gasteiger partial charge < -0.3 is 19.5 Å². The van der Waals surface area contributed by atoms with E-state index in [4.69, 9.17) is 14.2 Å². The molecule has 1 saturated heterocycles. The van der Waals surface area contributed by atoms with Gasteiger partial charge in [-0.1, -0.05) is 6.92 Å². The minimum absolute atomic E-state index is 0.0875. The van der Waals surface area contributed by atoms with E-state index in [1.807, 2.05) is 6.92 Å². The molecule has 0 spiro atoms. The van der Waals surface area contributed by atoms with Crippen LogP contribution in [0.2, 0.25) is 0 Å². The topological polar surface area (TPSA) is 56.8 Å². The normalized spacial score (nSPS) is 23.2. The van der Waals surface area contributed by atoms with E-state index in [9.17, 15) is 4.79 Å². The minimum atomic E-state index is -0.309. The fraction of sp³-hybridized carbons (Fsp3) is 0.923. The van der Waals surface area contributed by atoms with E-state index in [1.54, 1.807) is 7.11 Å². The van der Waals surface area contributed by atoms with Gasteiger partial charge in [0, 0.05) is 26.9 Å². The molecule has 0 radical (unpaired) electrons. The molecule has 0 bridgehead atoms. The van der Waals surface area contributed by atoms with E-state index in [2.05, 4.69) is 5.32 Å². The average molecular weight is 259 g/mol.